The van der Waals surface area contributed by atoms with Gasteiger partial charge in [-0.25, -0.2) is 8.42 Å². The molecule has 0 fully saturated rings. The summed E-state index contributed by atoms with van der Waals surface area (Å²) in [7, 11) is -3.71. The van der Waals surface area contributed by atoms with Crippen LogP contribution in [0.4, 0.5) is 11.4 Å². The second-order valence-corrected chi connectivity index (χ2v) is 9.33. The SMILES string of the molecule is Cc1ccc(C)c(NS(=O)(=O)c2ccc(NC(=O)CSc3ccccc3)cc2)c1. The topological polar surface area (TPSA) is 75.3 Å². The summed E-state index contributed by atoms with van der Waals surface area (Å²) in [6, 6.07) is 21.4. The molecule has 2 N–H and O–H groups in total. The van der Waals surface area contributed by atoms with Crippen LogP contribution in [0.3, 0.4) is 0 Å². The number of carbonyl (C=O) groups is 1. The Bertz CT molecular complexity index is 1100. The summed E-state index contributed by atoms with van der Waals surface area (Å²) in [5.74, 6) is 0.126. The average molecular weight is 427 g/mol. The number of carbonyl (C=O) groups excluding carboxylic acids is 1. The predicted molar refractivity (Wildman–Crippen MR) is 119 cm³/mol. The molecule has 3 aromatic rings. The Morgan fingerprint density at radius 3 is 2.31 bits per heavy atom. The van der Waals surface area contributed by atoms with Gasteiger partial charge in [0.15, 0.2) is 0 Å². The molecule has 7 heteroatoms. The van der Waals surface area contributed by atoms with E-state index in [1.807, 2.05) is 56.3 Å². The Kier molecular flexibility index (Phi) is 6.61. The van der Waals surface area contributed by atoms with E-state index in [1.54, 1.807) is 18.2 Å². The number of amides is 1. The third kappa shape index (κ3) is 5.85. The fourth-order valence-electron chi connectivity index (χ4n) is 2.63. The molecular formula is C22H22N2O3S2. The van der Waals surface area contributed by atoms with Crippen molar-refractivity contribution in [3.63, 3.8) is 0 Å². The van der Waals surface area contributed by atoms with E-state index in [0.717, 1.165) is 16.0 Å². The van der Waals surface area contributed by atoms with Crippen LogP contribution in [0.1, 0.15) is 11.1 Å². The zero-order valence-corrected chi connectivity index (χ0v) is 17.8. The standard InChI is InChI=1S/C22H22N2O3S2/c1-16-8-9-17(2)21(14-16)24-29(26,27)20-12-10-18(11-13-20)23-22(25)15-28-19-6-4-3-5-7-19/h3-14,24H,15H2,1-2H3,(H,23,25). The molecule has 0 aromatic heterocycles. The third-order valence-electron chi connectivity index (χ3n) is 4.20. The maximum absolute atomic E-state index is 12.7. The molecule has 29 heavy (non-hydrogen) atoms. The van der Waals surface area contributed by atoms with Gasteiger partial charge < -0.3 is 5.32 Å². The number of aryl methyl sites for hydroxylation is 2. The lowest BCUT2D eigenvalue weighted by atomic mass is 10.1. The summed E-state index contributed by atoms with van der Waals surface area (Å²) in [5.41, 5.74) is 2.92. The molecule has 0 heterocycles. The van der Waals surface area contributed by atoms with E-state index in [1.165, 1.54) is 23.9 Å². The van der Waals surface area contributed by atoms with Crippen molar-refractivity contribution in [1.29, 1.82) is 0 Å². The first kappa shape index (κ1) is 21.0. The Balaban J connectivity index is 1.63. The van der Waals surface area contributed by atoms with Crippen LogP contribution in [-0.4, -0.2) is 20.1 Å². The van der Waals surface area contributed by atoms with Crippen LogP contribution in [0.15, 0.2) is 82.6 Å². The van der Waals surface area contributed by atoms with Gasteiger partial charge in [0.05, 0.1) is 16.3 Å². The number of anilines is 2. The minimum absolute atomic E-state index is 0.134. The number of hydrogen-bond acceptors (Lipinski definition) is 4. The fraction of sp³-hybridized carbons (Fsp3) is 0.136. The normalized spacial score (nSPS) is 11.1. The van der Waals surface area contributed by atoms with Crippen LogP contribution in [0.2, 0.25) is 0 Å². The van der Waals surface area contributed by atoms with Crippen LogP contribution in [-0.2, 0) is 14.8 Å². The van der Waals surface area contributed by atoms with Gasteiger partial charge in [-0.2, -0.15) is 0 Å². The molecule has 0 aliphatic rings. The molecule has 150 valence electrons. The first-order valence-corrected chi connectivity index (χ1v) is 11.5. The number of rotatable bonds is 7. The number of benzene rings is 3. The molecule has 0 aliphatic carbocycles. The highest BCUT2D eigenvalue weighted by Gasteiger charge is 2.15. The van der Waals surface area contributed by atoms with Crippen molar-refractivity contribution < 1.29 is 13.2 Å². The highest BCUT2D eigenvalue weighted by molar-refractivity contribution is 8.00. The molecule has 3 aromatic carbocycles. The molecule has 0 saturated carbocycles. The molecular weight excluding hydrogens is 404 g/mol. The Morgan fingerprint density at radius 1 is 0.931 bits per heavy atom. The average Bonchev–Trinajstić information content (AvgIpc) is 2.70. The zero-order valence-electron chi connectivity index (χ0n) is 16.2. The summed E-state index contributed by atoms with van der Waals surface area (Å²) in [6.45, 7) is 3.76. The van der Waals surface area contributed by atoms with Crippen LogP contribution >= 0.6 is 11.8 Å². The largest absolute Gasteiger partial charge is 0.325 e. The van der Waals surface area contributed by atoms with Crippen LogP contribution in [0.25, 0.3) is 0 Å². The molecule has 0 aliphatic heterocycles. The highest BCUT2D eigenvalue weighted by Crippen LogP contribution is 2.22. The lowest BCUT2D eigenvalue weighted by Gasteiger charge is -2.12. The van der Waals surface area contributed by atoms with E-state index in [0.29, 0.717) is 11.4 Å². The fourth-order valence-corrected chi connectivity index (χ4v) is 4.47. The molecule has 0 saturated heterocycles. The van der Waals surface area contributed by atoms with Gasteiger partial charge in [0.25, 0.3) is 10.0 Å². The first-order chi connectivity index (χ1) is 13.8. The molecule has 1 amide bonds. The van der Waals surface area contributed by atoms with Gasteiger partial charge in [0.1, 0.15) is 0 Å². The molecule has 0 radical (unpaired) electrons. The third-order valence-corrected chi connectivity index (χ3v) is 6.59. The molecule has 0 spiro atoms. The second kappa shape index (κ2) is 9.15. The maximum Gasteiger partial charge on any atom is 0.261 e. The minimum atomic E-state index is -3.71. The van der Waals surface area contributed by atoms with E-state index in [4.69, 9.17) is 0 Å². The van der Waals surface area contributed by atoms with Crippen LogP contribution < -0.4 is 10.0 Å². The lowest BCUT2D eigenvalue weighted by molar-refractivity contribution is -0.113. The monoisotopic (exact) mass is 426 g/mol. The summed E-state index contributed by atoms with van der Waals surface area (Å²) in [4.78, 5) is 13.3. The Hall–Kier alpha value is -2.77. The molecule has 3 rings (SSSR count). The van der Waals surface area contributed by atoms with E-state index in [-0.39, 0.29) is 16.6 Å². The van der Waals surface area contributed by atoms with Crippen molar-refractivity contribution in [3.8, 4) is 0 Å². The molecule has 5 nitrogen and oxygen atoms in total. The molecule has 0 bridgehead atoms. The maximum atomic E-state index is 12.7. The van der Waals surface area contributed by atoms with Crippen molar-refractivity contribution in [1.82, 2.24) is 0 Å². The lowest BCUT2D eigenvalue weighted by Crippen LogP contribution is -2.15. The van der Waals surface area contributed by atoms with E-state index in [2.05, 4.69) is 10.0 Å². The minimum Gasteiger partial charge on any atom is -0.325 e. The number of nitrogens with one attached hydrogen (secondary N) is 2. The van der Waals surface area contributed by atoms with Crippen LogP contribution in [0.5, 0.6) is 0 Å². The number of hydrogen-bond donors (Lipinski definition) is 2. The number of sulfonamides is 1. The summed E-state index contributed by atoms with van der Waals surface area (Å²) in [5, 5.41) is 2.78. The second-order valence-electron chi connectivity index (χ2n) is 6.60. The predicted octanol–water partition coefficient (Wildman–Crippen LogP) is 4.84. The van der Waals surface area contributed by atoms with Gasteiger partial charge >= 0.3 is 0 Å². The van der Waals surface area contributed by atoms with E-state index >= 15 is 0 Å². The van der Waals surface area contributed by atoms with Gasteiger partial charge in [0.2, 0.25) is 5.91 Å². The summed E-state index contributed by atoms with van der Waals surface area (Å²) in [6.07, 6.45) is 0. The summed E-state index contributed by atoms with van der Waals surface area (Å²) < 4.78 is 27.9. The van der Waals surface area contributed by atoms with Gasteiger partial charge in [-0.3, -0.25) is 9.52 Å². The number of thioether (sulfide) groups is 1. The first-order valence-electron chi connectivity index (χ1n) is 9.01. The zero-order chi connectivity index (χ0) is 20.9. The van der Waals surface area contributed by atoms with Gasteiger partial charge in [-0.05, 0) is 67.4 Å². The molecule has 0 atom stereocenters. The van der Waals surface area contributed by atoms with Gasteiger partial charge in [-0.15, -0.1) is 11.8 Å². The Morgan fingerprint density at radius 2 is 1.62 bits per heavy atom. The quantitative estimate of drug-likeness (QED) is 0.531. The molecule has 0 unspecified atom stereocenters. The van der Waals surface area contributed by atoms with Crippen molar-refractivity contribution >= 4 is 39.1 Å². The van der Waals surface area contributed by atoms with E-state index < -0.39 is 10.0 Å². The van der Waals surface area contributed by atoms with Crippen molar-refractivity contribution in [2.75, 3.05) is 15.8 Å². The Labute approximate surface area is 175 Å². The van der Waals surface area contributed by atoms with Crippen LogP contribution in [0, 0.1) is 13.8 Å². The highest BCUT2D eigenvalue weighted by atomic mass is 32.2. The smallest absolute Gasteiger partial charge is 0.261 e. The van der Waals surface area contributed by atoms with Crippen molar-refractivity contribution in [2.24, 2.45) is 0 Å². The van der Waals surface area contributed by atoms with Crippen molar-refractivity contribution in [2.45, 2.75) is 23.6 Å². The van der Waals surface area contributed by atoms with Gasteiger partial charge in [0, 0.05) is 10.6 Å². The summed E-state index contributed by atoms with van der Waals surface area (Å²) >= 11 is 1.44. The van der Waals surface area contributed by atoms with E-state index in [9.17, 15) is 13.2 Å². The van der Waals surface area contributed by atoms with Gasteiger partial charge in [-0.1, -0.05) is 30.3 Å². The van der Waals surface area contributed by atoms with Crippen molar-refractivity contribution in [3.05, 3.63) is 83.9 Å².